The van der Waals surface area contributed by atoms with Crippen LogP contribution in [0, 0.1) is 17.2 Å². The van der Waals surface area contributed by atoms with Gasteiger partial charge in [0.25, 0.3) is 5.91 Å². The number of nitrogens with zero attached hydrogens (tertiary/aromatic N) is 2. The van der Waals surface area contributed by atoms with Crippen molar-refractivity contribution in [1.82, 2.24) is 20.5 Å². The number of methoxy groups -OCH3 is 1. The van der Waals surface area contributed by atoms with Gasteiger partial charge in [-0.1, -0.05) is 30.3 Å². The molecule has 2 aliphatic rings. The number of amides is 3. The van der Waals surface area contributed by atoms with Crippen LogP contribution in [0.2, 0.25) is 0 Å². The van der Waals surface area contributed by atoms with Crippen molar-refractivity contribution in [3.8, 4) is 11.8 Å². The second-order valence-electron chi connectivity index (χ2n) is 9.16. The average Bonchev–Trinajstić information content (AvgIpc) is 3.52. The van der Waals surface area contributed by atoms with Gasteiger partial charge in [-0.2, -0.15) is 5.26 Å². The van der Waals surface area contributed by atoms with Gasteiger partial charge in [-0.15, -0.1) is 0 Å². The molecule has 0 radical (unpaired) electrons. The lowest BCUT2D eigenvalue weighted by Crippen LogP contribution is -2.49. The monoisotopic (exact) mass is 485 g/mol. The molecule has 3 aromatic rings. The topological polar surface area (TPSA) is 127 Å². The fourth-order valence-electron chi connectivity index (χ4n) is 5.19. The number of carbonyl (C=O) groups excluding carboxylic acids is 3. The Morgan fingerprint density at radius 2 is 2.08 bits per heavy atom. The average molecular weight is 486 g/mol. The van der Waals surface area contributed by atoms with Crippen LogP contribution in [-0.2, 0) is 16.0 Å². The van der Waals surface area contributed by atoms with Gasteiger partial charge < -0.3 is 25.3 Å². The number of hydrogen-bond donors (Lipinski definition) is 3. The molecule has 9 heteroatoms. The zero-order valence-corrected chi connectivity index (χ0v) is 19.9. The van der Waals surface area contributed by atoms with E-state index < -0.39 is 18.0 Å². The van der Waals surface area contributed by atoms with E-state index in [1.54, 1.807) is 18.1 Å². The largest absolute Gasteiger partial charge is 0.496 e. The number of nitrogens with one attached hydrogen (secondary N) is 3. The predicted molar refractivity (Wildman–Crippen MR) is 132 cm³/mol. The quantitative estimate of drug-likeness (QED) is 0.494. The van der Waals surface area contributed by atoms with Crippen LogP contribution in [0.3, 0.4) is 0 Å². The van der Waals surface area contributed by atoms with Crippen LogP contribution in [0.15, 0.2) is 48.5 Å². The molecule has 3 unspecified atom stereocenters. The Hall–Kier alpha value is -4.32. The Bertz CT molecular complexity index is 1370. The first-order valence-electron chi connectivity index (χ1n) is 12.0. The summed E-state index contributed by atoms with van der Waals surface area (Å²) in [5.74, 6) is -0.513. The molecule has 0 saturated carbocycles. The fourth-order valence-corrected chi connectivity index (χ4v) is 5.19. The third kappa shape index (κ3) is 4.26. The van der Waals surface area contributed by atoms with Crippen LogP contribution in [0.1, 0.15) is 40.5 Å². The molecular formula is C27H27N5O4. The highest BCUT2D eigenvalue weighted by molar-refractivity contribution is 6.02. The minimum atomic E-state index is -0.899. The van der Waals surface area contributed by atoms with E-state index >= 15 is 0 Å². The zero-order chi connectivity index (χ0) is 25.2. The summed E-state index contributed by atoms with van der Waals surface area (Å²) < 4.78 is 5.42. The highest BCUT2D eigenvalue weighted by Gasteiger charge is 2.38. The summed E-state index contributed by atoms with van der Waals surface area (Å²) in [4.78, 5) is 44.0. The maximum absolute atomic E-state index is 13.7. The SMILES string of the molecule is COc1cccc2[nH]c(C(=O)N3CCc4ccccc4C3C(=O)NC(C#N)CC3CCNC3=O)cc12. The maximum Gasteiger partial charge on any atom is 0.271 e. The highest BCUT2D eigenvalue weighted by Crippen LogP contribution is 2.33. The van der Waals surface area contributed by atoms with Crippen LogP contribution in [-0.4, -0.2) is 53.8 Å². The molecular weight excluding hydrogens is 458 g/mol. The zero-order valence-electron chi connectivity index (χ0n) is 19.9. The number of carbonyl (C=O) groups is 3. The molecule has 184 valence electrons. The first-order chi connectivity index (χ1) is 17.5. The highest BCUT2D eigenvalue weighted by atomic mass is 16.5. The van der Waals surface area contributed by atoms with E-state index in [0.29, 0.717) is 37.4 Å². The number of rotatable bonds is 6. The molecule has 0 aliphatic carbocycles. The number of aromatic nitrogens is 1. The Balaban J connectivity index is 1.44. The third-order valence-electron chi connectivity index (χ3n) is 7.02. The molecule has 3 heterocycles. The van der Waals surface area contributed by atoms with Gasteiger partial charge >= 0.3 is 0 Å². The van der Waals surface area contributed by atoms with Crippen LogP contribution in [0.25, 0.3) is 10.9 Å². The molecule has 3 N–H and O–H groups in total. The first kappa shape index (κ1) is 23.4. The molecule has 1 fully saturated rings. The van der Waals surface area contributed by atoms with Crippen molar-refractivity contribution in [1.29, 1.82) is 5.26 Å². The lowest BCUT2D eigenvalue weighted by Gasteiger charge is -2.36. The molecule has 2 aromatic carbocycles. The van der Waals surface area contributed by atoms with E-state index in [-0.39, 0.29) is 24.2 Å². The van der Waals surface area contributed by atoms with E-state index in [1.165, 1.54) is 0 Å². The van der Waals surface area contributed by atoms with Gasteiger partial charge in [0.15, 0.2) is 0 Å². The Morgan fingerprint density at radius 1 is 1.25 bits per heavy atom. The lowest BCUT2D eigenvalue weighted by molar-refractivity contribution is -0.127. The maximum atomic E-state index is 13.7. The molecule has 9 nitrogen and oxygen atoms in total. The Labute approximate surface area is 208 Å². The van der Waals surface area contributed by atoms with Crippen LogP contribution in [0.5, 0.6) is 5.75 Å². The van der Waals surface area contributed by atoms with Gasteiger partial charge in [0.1, 0.15) is 23.5 Å². The van der Waals surface area contributed by atoms with Gasteiger partial charge in [0, 0.05) is 29.9 Å². The van der Waals surface area contributed by atoms with E-state index in [9.17, 15) is 19.6 Å². The molecule has 3 atom stereocenters. The molecule has 5 rings (SSSR count). The molecule has 1 aromatic heterocycles. The van der Waals surface area contributed by atoms with Crippen LogP contribution >= 0.6 is 0 Å². The van der Waals surface area contributed by atoms with Gasteiger partial charge in [0.05, 0.1) is 13.2 Å². The van der Waals surface area contributed by atoms with E-state index in [1.807, 2.05) is 42.5 Å². The van der Waals surface area contributed by atoms with Crippen molar-refractivity contribution >= 4 is 28.6 Å². The molecule has 0 bridgehead atoms. The standard InChI is InChI=1S/C27H27N5O4/c1-36-23-8-4-7-21-20(23)14-22(31-21)27(35)32-12-10-16-5-2-3-6-19(16)24(32)26(34)30-18(15-28)13-17-9-11-29-25(17)33/h2-8,14,17-18,24,31H,9-13H2,1H3,(H,29,33)(H,30,34). The van der Waals surface area contributed by atoms with Gasteiger partial charge in [0.2, 0.25) is 11.8 Å². The number of fused-ring (bicyclic) bond motifs is 2. The minimum Gasteiger partial charge on any atom is -0.496 e. The van der Waals surface area contributed by atoms with Crippen molar-refractivity contribution in [3.63, 3.8) is 0 Å². The fraction of sp³-hybridized carbons (Fsp3) is 0.333. The summed E-state index contributed by atoms with van der Waals surface area (Å²) >= 11 is 0. The molecule has 2 aliphatic heterocycles. The third-order valence-corrected chi connectivity index (χ3v) is 7.02. The number of benzene rings is 2. The molecule has 1 saturated heterocycles. The van der Waals surface area contributed by atoms with E-state index in [4.69, 9.17) is 4.74 Å². The Morgan fingerprint density at radius 3 is 2.83 bits per heavy atom. The van der Waals surface area contributed by atoms with Gasteiger partial charge in [-0.25, -0.2) is 0 Å². The Kier molecular flexibility index (Phi) is 6.34. The normalized spacial score (nSPS) is 19.8. The summed E-state index contributed by atoms with van der Waals surface area (Å²) in [6.07, 6.45) is 1.48. The summed E-state index contributed by atoms with van der Waals surface area (Å²) in [7, 11) is 1.58. The second-order valence-corrected chi connectivity index (χ2v) is 9.16. The summed E-state index contributed by atoms with van der Waals surface area (Å²) in [5.41, 5.74) is 2.84. The van der Waals surface area contributed by atoms with E-state index in [0.717, 1.165) is 22.0 Å². The second kappa shape index (κ2) is 9.74. The lowest BCUT2D eigenvalue weighted by atomic mass is 9.91. The van der Waals surface area contributed by atoms with E-state index in [2.05, 4.69) is 21.7 Å². The number of aromatic amines is 1. The number of hydrogen-bond acceptors (Lipinski definition) is 5. The molecule has 3 amide bonds. The van der Waals surface area contributed by atoms with Crippen molar-refractivity contribution in [2.45, 2.75) is 31.3 Å². The number of ether oxygens (including phenoxy) is 1. The summed E-state index contributed by atoms with van der Waals surface area (Å²) in [5, 5.41) is 16.0. The minimum absolute atomic E-state index is 0.0986. The van der Waals surface area contributed by atoms with Gasteiger partial charge in [-0.3, -0.25) is 14.4 Å². The van der Waals surface area contributed by atoms with Crippen molar-refractivity contribution in [3.05, 3.63) is 65.4 Å². The van der Waals surface area contributed by atoms with Crippen molar-refractivity contribution in [2.24, 2.45) is 5.92 Å². The summed E-state index contributed by atoms with van der Waals surface area (Å²) in [6.45, 7) is 0.922. The number of H-pyrrole nitrogens is 1. The van der Waals surface area contributed by atoms with Crippen LogP contribution < -0.4 is 15.4 Å². The predicted octanol–water partition coefficient (Wildman–Crippen LogP) is 2.45. The van der Waals surface area contributed by atoms with Crippen molar-refractivity contribution < 1.29 is 19.1 Å². The van der Waals surface area contributed by atoms with Gasteiger partial charge in [-0.05, 0) is 48.6 Å². The molecule has 0 spiro atoms. The van der Waals surface area contributed by atoms with Crippen molar-refractivity contribution in [2.75, 3.05) is 20.2 Å². The van der Waals surface area contributed by atoms with Crippen LogP contribution in [0.4, 0.5) is 0 Å². The first-order valence-corrected chi connectivity index (χ1v) is 12.0. The smallest absolute Gasteiger partial charge is 0.271 e. The summed E-state index contributed by atoms with van der Waals surface area (Å²) in [6, 6.07) is 15.2. The number of nitriles is 1. The molecule has 36 heavy (non-hydrogen) atoms.